The highest BCUT2D eigenvalue weighted by Crippen LogP contribution is 2.16. The summed E-state index contributed by atoms with van der Waals surface area (Å²) in [5, 5.41) is 0. The molecule has 0 saturated heterocycles. The highest BCUT2D eigenvalue weighted by Gasteiger charge is 1.99. The molecule has 2 radical (unpaired) electrons. The Balaban J connectivity index is 0.00000116. The Kier molecular flexibility index (Phi) is 8.28. The van der Waals surface area contributed by atoms with Gasteiger partial charge in [0.05, 0.1) is 0 Å². The molecule has 0 unspecified atom stereocenters. The molecule has 22 heavy (non-hydrogen) atoms. The van der Waals surface area contributed by atoms with Gasteiger partial charge in [0.15, 0.2) is 0 Å². The topological polar surface area (TPSA) is 0 Å². The molecule has 0 aliphatic rings. The summed E-state index contributed by atoms with van der Waals surface area (Å²) in [6.07, 6.45) is 5.60. The third-order valence-corrected chi connectivity index (χ3v) is 3.42. The second-order valence-corrected chi connectivity index (χ2v) is 5.20. The minimum Gasteiger partial charge on any atom is -0.0952 e. The Labute approximate surface area is 136 Å². The van der Waals surface area contributed by atoms with Crippen molar-refractivity contribution >= 4 is 5.57 Å². The molecule has 116 valence electrons. The summed E-state index contributed by atoms with van der Waals surface area (Å²) in [5.74, 6) is 0. The Hall–Kier alpha value is -1.82. The quantitative estimate of drug-likeness (QED) is 0.585. The molecule has 0 heterocycles. The number of aryl methyl sites for hydroxylation is 1. The normalized spacial score (nSPS) is 9.82. The van der Waals surface area contributed by atoms with Gasteiger partial charge in [0.2, 0.25) is 0 Å². The average Bonchev–Trinajstić information content (AvgIpc) is 2.56. The number of hydrogen-bond acceptors (Lipinski definition) is 0. The number of rotatable bonds is 6. The van der Waals surface area contributed by atoms with E-state index in [1.54, 1.807) is 0 Å². The van der Waals surface area contributed by atoms with Gasteiger partial charge in [-0.3, -0.25) is 0 Å². The minimum absolute atomic E-state index is 0.865. The summed E-state index contributed by atoms with van der Waals surface area (Å²) in [7, 11) is 0. The van der Waals surface area contributed by atoms with Crippen molar-refractivity contribution in [3.8, 4) is 0 Å². The first-order valence-corrected chi connectivity index (χ1v) is 8.21. The van der Waals surface area contributed by atoms with Crippen LogP contribution >= 0.6 is 0 Å². The summed E-state index contributed by atoms with van der Waals surface area (Å²) < 4.78 is 0. The van der Waals surface area contributed by atoms with E-state index in [1.807, 2.05) is 13.8 Å². The molecular formula is C22H28. The molecule has 0 N–H and O–H groups in total. The maximum Gasteiger partial charge on any atom is -0.00494 e. The smallest absolute Gasteiger partial charge is 0.00494 e. The standard InChI is InChI=1S/C20H22.C2H6/c1-4-6-18-7-5-8-19(15-18)10-9-17-11-13-20(14-12-17)16(2)3;1-2/h5,7-9,11-15H,2-4,6,10H2,1H3;1-2H3. The van der Waals surface area contributed by atoms with Crippen molar-refractivity contribution in [3.63, 3.8) is 0 Å². The van der Waals surface area contributed by atoms with Crippen molar-refractivity contribution in [2.24, 2.45) is 0 Å². The summed E-state index contributed by atoms with van der Waals surface area (Å²) in [5.41, 5.74) is 6.02. The summed E-state index contributed by atoms with van der Waals surface area (Å²) in [4.78, 5) is 0. The first-order chi connectivity index (χ1) is 10.7. The minimum atomic E-state index is 0.865. The van der Waals surface area contributed by atoms with Crippen LogP contribution in [0.3, 0.4) is 0 Å². The molecule has 0 heteroatoms. The van der Waals surface area contributed by atoms with E-state index in [-0.39, 0.29) is 0 Å². The first kappa shape index (κ1) is 18.2. The Morgan fingerprint density at radius 3 is 2.23 bits per heavy atom. The lowest BCUT2D eigenvalue weighted by Gasteiger charge is -2.06. The van der Waals surface area contributed by atoms with Crippen LogP contribution in [0.5, 0.6) is 0 Å². The molecule has 0 fully saturated rings. The van der Waals surface area contributed by atoms with Crippen molar-refractivity contribution < 1.29 is 0 Å². The second kappa shape index (κ2) is 10.00. The van der Waals surface area contributed by atoms with Gasteiger partial charge in [-0.25, -0.2) is 0 Å². The lowest BCUT2D eigenvalue weighted by Crippen LogP contribution is -1.91. The van der Waals surface area contributed by atoms with Crippen LogP contribution in [-0.4, -0.2) is 0 Å². The van der Waals surface area contributed by atoms with Gasteiger partial charge >= 0.3 is 0 Å². The Bertz CT molecular complexity index is 561. The zero-order valence-electron chi connectivity index (χ0n) is 14.2. The van der Waals surface area contributed by atoms with E-state index in [4.69, 9.17) is 0 Å². The van der Waals surface area contributed by atoms with Crippen LogP contribution in [0.15, 0.2) is 55.1 Å². The largest absolute Gasteiger partial charge is 0.0952 e. The van der Waals surface area contributed by atoms with Gasteiger partial charge < -0.3 is 0 Å². The fourth-order valence-electron chi connectivity index (χ4n) is 2.29. The molecule has 2 aromatic rings. The van der Waals surface area contributed by atoms with Crippen LogP contribution in [0.25, 0.3) is 5.57 Å². The van der Waals surface area contributed by atoms with Crippen LogP contribution in [0.4, 0.5) is 0 Å². The second-order valence-electron chi connectivity index (χ2n) is 5.20. The van der Waals surface area contributed by atoms with Gasteiger partial charge in [-0.05, 0) is 54.0 Å². The van der Waals surface area contributed by atoms with E-state index in [0.717, 1.165) is 24.0 Å². The summed E-state index contributed by atoms with van der Waals surface area (Å²) >= 11 is 0. The predicted molar refractivity (Wildman–Crippen MR) is 99.7 cm³/mol. The maximum absolute atomic E-state index is 3.85. The molecule has 2 rings (SSSR count). The SMILES string of the molecule is CC.[CH2]C(=C)c1ccc([CH]Cc2cccc(CCC)c2)cc1. The summed E-state index contributed by atoms with van der Waals surface area (Å²) in [6, 6.07) is 17.3. The van der Waals surface area contributed by atoms with Crippen LogP contribution in [0, 0.1) is 13.3 Å². The molecule has 0 aliphatic heterocycles. The number of hydrogen-bond donors (Lipinski definition) is 0. The lowest BCUT2D eigenvalue weighted by molar-refractivity contribution is 0.918. The fourth-order valence-corrected chi connectivity index (χ4v) is 2.29. The van der Waals surface area contributed by atoms with Gasteiger partial charge in [0.1, 0.15) is 0 Å². The van der Waals surface area contributed by atoms with Gasteiger partial charge in [-0.2, -0.15) is 0 Å². The molecular weight excluding hydrogens is 264 g/mol. The predicted octanol–water partition coefficient (Wildman–Crippen LogP) is 6.31. The average molecular weight is 292 g/mol. The Morgan fingerprint density at radius 2 is 1.64 bits per heavy atom. The van der Waals surface area contributed by atoms with Crippen molar-refractivity contribution in [3.05, 3.63) is 90.7 Å². The van der Waals surface area contributed by atoms with E-state index < -0.39 is 0 Å². The number of allylic oxidation sites excluding steroid dienone is 1. The van der Waals surface area contributed by atoms with E-state index in [9.17, 15) is 0 Å². The number of benzene rings is 2. The van der Waals surface area contributed by atoms with Gasteiger partial charge in [0.25, 0.3) is 0 Å². The molecule has 0 spiro atoms. The van der Waals surface area contributed by atoms with Crippen LogP contribution in [-0.2, 0) is 12.8 Å². The van der Waals surface area contributed by atoms with Crippen LogP contribution < -0.4 is 0 Å². The van der Waals surface area contributed by atoms with Gasteiger partial charge in [-0.1, -0.05) is 82.3 Å². The zero-order valence-corrected chi connectivity index (χ0v) is 14.2. The van der Waals surface area contributed by atoms with Gasteiger partial charge in [0, 0.05) is 0 Å². The first-order valence-electron chi connectivity index (χ1n) is 8.21. The highest BCUT2D eigenvalue weighted by atomic mass is 14.0. The molecule has 0 saturated carbocycles. The third kappa shape index (κ3) is 5.89. The van der Waals surface area contributed by atoms with Crippen LogP contribution in [0.2, 0.25) is 0 Å². The van der Waals surface area contributed by atoms with Crippen LogP contribution in [0.1, 0.15) is 49.4 Å². The molecule has 0 nitrogen and oxygen atoms in total. The van der Waals surface area contributed by atoms with Crippen molar-refractivity contribution in [2.75, 3.05) is 0 Å². The lowest BCUT2D eigenvalue weighted by atomic mass is 9.99. The van der Waals surface area contributed by atoms with Crippen molar-refractivity contribution in [1.82, 2.24) is 0 Å². The molecule has 0 aliphatic carbocycles. The van der Waals surface area contributed by atoms with Crippen molar-refractivity contribution in [1.29, 1.82) is 0 Å². The molecule has 2 aromatic carbocycles. The van der Waals surface area contributed by atoms with E-state index in [2.05, 4.69) is 75.4 Å². The maximum atomic E-state index is 3.85. The molecule has 0 aromatic heterocycles. The molecule has 0 atom stereocenters. The Morgan fingerprint density at radius 1 is 1.00 bits per heavy atom. The fraction of sp³-hybridized carbons (Fsp3) is 0.273. The third-order valence-electron chi connectivity index (χ3n) is 3.42. The van der Waals surface area contributed by atoms with E-state index in [1.165, 1.54) is 23.1 Å². The monoisotopic (exact) mass is 292 g/mol. The molecule has 0 amide bonds. The van der Waals surface area contributed by atoms with Gasteiger partial charge in [-0.15, -0.1) is 0 Å². The van der Waals surface area contributed by atoms with E-state index in [0.29, 0.717) is 0 Å². The summed E-state index contributed by atoms with van der Waals surface area (Å²) in [6.45, 7) is 13.9. The highest BCUT2D eigenvalue weighted by molar-refractivity contribution is 5.66. The van der Waals surface area contributed by atoms with E-state index >= 15 is 0 Å². The van der Waals surface area contributed by atoms with Crippen molar-refractivity contribution in [2.45, 2.75) is 40.0 Å². The zero-order chi connectivity index (χ0) is 16.4. The molecule has 0 bridgehead atoms.